The third-order valence-electron chi connectivity index (χ3n) is 3.92. The van der Waals surface area contributed by atoms with E-state index in [-0.39, 0.29) is 17.8 Å². The van der Waals surface area contributed by atoms with Crippen LogP contribution in [-0.2, 0) is 10.0 Å². The molecule has 2 fully saturated rings. The Morgan fingerprint density at radius 2 is 2.00 bits per heavy atom. The first-order chi connectivity index (χ1) is 8.61. The lowest BCUT2D eigenvalue weighted by Crippen LogP contribution is -2.46. The first-order valence-electron chi connectivity index (χ1n) is 6.87. The van der Waals surface area contributed by atoms with Crippen molar-refractivity contribution in [2.75, 3.05) is 18.6 Å². The van der Waals surface area contributed by atoms with Gasteiger partial charge in [0.15, 0.2) is 0 Å². The van der Waals surface area contributed by atoms with E-state index in [1.165, 1.54) is 6.42 Å². The highest BCUT2D eigenvalue weighted by molar-refractivity contribution is 7.99. The second kappa shape index (κ2) is 6.59. The molecule has 18 heavy (non-hydrogen) atoms. The predicted octanol–water partition coefficient (Wildman–Crippen LogP) is 1.33. The minimum atomic E-state index is -3.13. The van der Waals surface area contributed by atoms with Crippen molar-refractivity contribution < 1.29 is 8.42 Å². The summed E-state index contributed by atoms with van der Waals surface area (Å²) in [4.78, 5) is 0. The summed E-state index contributed by atoms with van der Waals surface area (Å²) in [6, 6.07) is 0.291. The van der Waals surface area contributed by atoms with Crippen molar-refractivity contribution in [3.63, 3.8) is 0 Å². The number of hydrogen-bond donors (Lipinski definition) is 2. The maximum absolute atomic E-state index is 12.2. The zero-order chi connectivity index (χ0) is 13.0. The Morgan fingerprint density at radius 1 is 1.22 bits per heavy atom. The maximum Gasteiger partial charge on any atom is 0.213 e. The fraction of sp³-hybridized carbons (Fsp3) is 1.00. The van der Waals surface area contributed by atoms with Crippen LogP contribution in [0.25, 0.3) is 0 Å². The molecule has 3 atom stereocenters. The average Bonchev–Trinajstić information content (AvgIpc) is 2.81. The summed E-state index contributed by atoms with van der Waals surface area (Å²) in [6.07, 6.45) is 8.66. The molecule has 1 heterocycles. The normalized spacial score (nSPS) is 33.7. The summed E-state index contributed by atoms with van der Waals surface area (Å²) in [5.41, 5.74) is 0. The maximum atomic E-state index is 12.2. The molecule has 0 aromatic carbocycles. The van der Waals surface area contributed by atoms with Crippen LogP contribution in [0, 0.1) is 0 Å². The molecule has 1 saturated carbocycles. The molecule has 3 unspecified atom stereocenters. The van der Waals surface area contributed by atoms with E-state index < -0.39 is 10.0 Å². The molecular formula is C12H24N2O2S2. The molecule has 2 aliphatic rings. The number of thioether (sulfide) groups is 1. The summed E-state index contributed by atoms with van der Waals surface area (Å²) in [6.45, 7) is 0.955. The van der Waals surface area contributed by atoms with Crippen LogP contribution in [0.1, 0.15) is 38.5 Å². The van der Waals surface area contributed by atoms with Crippen LogP contribution >= 0.6 is 11.8 Å². The number of rotatable bonds is 5. The predicted molar refractivity (Wildman–Crippen MR) is 77.5 cm³/mol. The smallest absolute Gasteiger partial charge is 0.213 e. The van der Waals surface area contributed by atoms with Crippen LogP contribution < -0.4 is 10.0 Å². The molecule has 0 spiro atoms. The Kier molecular flexibility index (Phi) is 5.35. The fourth-order valence-electron chi connectivity index (χ4n) is 2.96. The molecule has 0 radical (unpaired) electrons. The lowest BCUT2D eigenvalue weighted by Gasteiger charge is -2.31. The van der Waals surface area contributed by atoms with E-state index in [1.54, 1.807) is 11.8 Å². The molecule has 4 nitrogen and oxygen atoms in total. The third-order valence-corrected chi connectivity index (χ3v) is 6.59. The van der Waals surface area contributed by atoms with E-state index in [1.807, 2.05) is 0 Å². The van der Waals surface area contributed by atoms with Gasteiger partial charge in [-0.3, -0.25) is 0 Å². The number of hydrogen-bond acceptors (Lipinski definition) is 4. The van der Waals surface area contributed by atoms with E-state index >= 15 is 0 Å². The molecule has 1 aliphatic carbocycles. The van der Waals surface area contributed by atoms with Crippen molar-refractivity contribution in [1.29, 1.82) is 0 Å². The standard InChI is InChI=1S/C12H24N2O2S2/c1-17-12-7-3-2-6-11(12)14-18(15,16)9-10-5-4-8-13-10/h10-14H,2-9H2,1H3. The molecule has 2 N–H and O–H groups in total. The van der Waals surface area contributed by atoms with Crippen LogP contribution in [0.3, 0.4) is 0 Å². The molecule has 6 heteroatoms. The molecule has 2 rings (SSSR count). The summed E-state index contributed by atoms with van der Waals surface area (Å²) in [5.74, 6) is 0.241. The van der Waals surface area contributed by atoms with Crippen molar-refractivity contribution in [2.24, 2.45) is 0 Å². The van der Waals surface area contributed by atoms with Crippen molar-refractivity contribution in [3.05, 3.63) is 0 Å². The van der Waals surface area contributed by atoms with E-state index in [0.29, 0.717) is 5.25 Å². The zero-order valence-electron chi connectivity index (χ0n) is 11.0. The Hall–Kier alpha value is 0.220. The van der Waals surface area contributed by atoms with Gasteiger partial charge in [0.2, 0.25) is 10.0 Å². The second-order valence-electron chi connectivity index (χ2n) is 5.36. The van der Waals surface area contributed by atoms with Crippen molar-refractivity contribution in [1.82, 2.24) is 10.0 Å². The van der Waals surface area contributed by atoms with E-state index in [9.17, 15) is 8.42 Å². The lowest BCUT2D eigenvalue weighted by molar-refractivity contribution is 0.422. The highest BCUT2D eigenvalue weighted by Crippen LogP contribution is 2.27. The van der Waals surface area contributed by atoms with Gasteiger partial charge in [0.05, 0.1) is 5.75 Å². The minimum absolute atomic E-state index is 0.139. The highest BCUT2D eigenvalue weighted by Gasteiger charge is 2.30. The largest absolute Gasteiger partial charge is 0.313 e. The molecule has 1 saturated heterocycles. The van der Waals surface area contributed by atoms with Crippen LogP contribution in [-0.4, -0.2) is 44.3 Å². The average molecular weight is 292 g/mol. The van der Waals surface area contributed by atoms with Gasteiger partial charge in [-0.1, -0.05) is 12.8 Å². The fourth-order valence-corrected chi connectivity index (χ4v) is 5.63. The van der Waals surface area contributed by atoms with Crippen LogP contribution in [0.4, 0.5) is 0 Å². The van der Waals surface area contributed by atoms with E-state index in [2.05, 4.69) is 16.3 Å². The Balaban J connectivity index is 1.89. The van der Waals surface area contributed by atoms with Gasteiger partial charge in [0.25, 0.3) is 0 Å². The Labute approximate surface area is 115 Å². The van der Waals surface area contributed by atoms with Crippen molar-refractivity contribution in [3.8, 4) is 0 Å². The van der Waals surface area contributed by atoms with Gasteiger partial charge in [-0.2, -0.15) is 11.8 Å². The van der Waals surface area contributed by atoms with Gasteiger partial charge >= 0.3 is 0 Å². The van der Waals surface area contributed by atoms with Gasteiger partial charge < -0.3 is 5.32 Å². The quantitative estimate of drug-likeness (QED) is 0.803. The topological polar surface area (TPSA) is 58.2 Å². The van der Waals surface area contributed by atoms with Gasteiger partial charge in [0, 0.05) is 17.3 Å². The summed E-state index contributed by atoms with van der Waals surface area (Å²) < 4.78 is 27.2. The highest BCUT2D eigenvalue weighted by atomic mass is 32.2. The summed E-state index contributed by atoms with van der Waals surface area (Å²) >= 11 is 1.79. The van der Waals surface area contributed by atoms with Crippen molar-refractivity contribution in [2.45, 2.75) is 55.9 Å². The minimum Gasteiger partial charge on any atom is -0.313 e. The second-order valence-corrected chi connectivity index (χ2v) is 8.23. The Morgan fingerprint density at radius 3 is 2.67 bits per heavy atom. The number of sulfonamides is 1. The lowest BCUT2D eigenvalue weighted by atomic mass is 9.96. The molecule has 0 aromatic heterocycles. The van der Waals surface area contributed by atoms with Gasteiger partial charge in [-0.05, 0) is 38.5 Å². The van der Waals surface area contributed by atoms with Gasteiger partial charge in [-0.15, -0.1) is 0 Å². The molecule has 0 amide bonds. The molecule has 106 valence electrons. The monoisotopic (exact) mass is 292 g/mol. The first-order valence-corrected chi connectivity index (χ1v) is 9.81. The zero-order valence-corrected chi connectivity index (χ0v) is 12.7. The summed E-state index contributed by atoms with van der Waals surface area (Å²) in [5, 5.41) is 3.70. The molecule has 0 aromatic rings. The molecule has 0 bridgehead atoms. The van der Waals surface area contributed by atoms with Crippen LogP contribution in [0.15, 0.2) is 0 Å². The van der Waals surface area contributed by atoms with Crippen LogP contribution in [0.2, 0.25) is 0 Å². The van der Waals surface area contributed by atoms with Gasteiger partial charge in [-0.25, -0.2) is 13.1 Å². The Bertz CT molecular complexity index is 353. The summed E-state index contributed by atoms with van der Waals surface area (Å²) in [7, 11) is -3.13. The third kappa shape index (κ3) is 4.11. The first kappa shape index (κ1) is 14.6. The SMILES string of the molecule is CSC1CCCCC1NS(=O)(=O)CC1CCCN1. The molecular weight excluding hydrogens is 268 g/mol. The number of nitrogens with one attached hydrogen (secondary N) is 2. The van der Waals surface area contributed by atoms with E-state index in [0.717, 1.165) is 38.6 Å². The molecule has 1 aliphatic heterocycles. The van der Waals surface area contributed by atoms with E-state index in [4.69, 9.17) is 0 Å². The van der Waals surface area contributed by atoms with Gasteiger partial charge in [0.1, 0.15) is 0 Å². The van der Waals surface area contributed by atoms with Crippen molar-refractivity contribution >= 4 is 21.8 Å². The van der Waals surface area contributed by atoms with Crippen LogP contribution in [0.5, 0.6) is 0 Å².